The smallest absolute Gasteiger partial charge is 0.0809 e. The standard InChI is InChI=1S/C10H3Cl5S/c11-6-5(4-2-1-3-16-4)7(12)9(14)10(15)8(6)13/h1-3H. The highest BCUT2D eigenvalue weighted by molar-refractivity contribution is 7.13. The highest BCUT2D eigenvalue weighted by Gasteiger charge is 2.20. The van der Waals surface area contributed by atoms with Crippen LogP contribution in [-0.4, -0.2) is 0 Å². The summed E-state index contributed by atoms with van der Waals surface area (Å²) in [6, 6.07) is 3.78. The zero-order valence-electron chi connectivity index (χ0n) is 7.53. The van der Waals surface area contributed by atoms with Crippen molar-refractivity contribution in [1.82, 2.24) is 0 Å². The fraction of sp³-hybridized carbons (Fsp3) is 0. The average molecular weight is 332 g/mol. The Hall–Kier alpha value is 0.370. The van der Waals surface area contributed by atoms with Crippen LogP contribution >= 0.6 is 69.3 Å². The van der Waals surface area contributed by atoms with Crippen LogP contribution in [0.1, 0.15) is 0 Å². The number of hydrogen-bond acceptors (Lipinski definition) is 1. The van der Waals surface area contributed by atoms with E-state index in [-0.39, 0.29) is 15.1 Å². The minimum absolute atomic E-state index is 0.179. The van der Waals surface area contributed by atoms with Crippen LogP contribution in [0.2, 0.25) is 25.1 Å². The molecule has 0 fully saturated rings. The first-order chi connectivity index (χ1) is 7.54. The van der Waals surface area contributed by atoms with Gasteiger partial charge in [0.15, 0.2) is 0 Å². The Kier molecular flexibility index (Phi) is 3.95. The van der Waals surface area contributed by atoms with Gasteiger partial charge in [-0.3, -0.25) is 0 Å². The molecule has 0 aliphatic rings. The largest absolute Gasteiger partial charge is 0.144 e. The molecule has 6 heteroatoms. The van der Waals surface area contributed by atoms with Gasteiger partial charge >= 0.3 is 0 Å². The normalized spacial score (nSPS) is 10.8. The maximum absolute atomic E-state index is 6.11. The van der Waals surface area contributed by atoms with Gasteiger partial charge in [0.25, 0.3) is 0 Å². The molecule has 16 heavy (non-hydrogen) atoms. The van der Waals surface area contributed by atoms with Crippen LogP contribution in [0.25, 0.3) is 10.4 Å². The van der Waals surface area contributed by atoms with E-state index in [9.17, 15) is 0 Å². The molecule has 0 aliphatic heterocycles. The van der Waals surface area contributed by atoms with Crippen LogP contribution in [0.4, 0.5) is 0 Å². The van der Waals surface area contributed by atoms with E-state index in [0.717, 1.165) is 4.88 Å². The fourth-order valence-electron chi connectivity index (χ4n) is 1.24. The predicted molar refractivity (Wildman–Crippen MR) is 74.8 cm³/mol. The van der Waals surface area contributed by atoms with Crippen molar-refractivity contribution in [2.75, 3.05) is 0 Å². The Morgan fingerprint density at radius 2 is 1.25 bits per heavy atom. The number of hydrogen-bond donors (Lipinski definition) is 0. The summed E-state index contributed by atoms with van der Waals surface area (Å²) >= 11 is 31.6. The van der Waals surface area contributed by atoms with E-state index in [4.69, 9.17) is 58.0 Å². The third-order valence-corrected chi connectivity index (χ3v) is 5.14. The van der Waals surface area contributed by atoms with Crippen LogP contribution < -0.4 is 0 Å². The van der Waals surface area contributed by atoms with Crippen molar-refractivity contribution < 1.29 is 0 Å². The quantitative estimate of drug-likeness (QED) is 0.403. The number of thiophene rings is 1. The van der Waals surface area contributed by atoms with Gasteiger partial charge in [0, 0.05) is 10.4 Å². The molecule has 84 valence electrons. The fourth-order valence-corrected chi connectivity index (χ4v) is 3.48. The Labute approximate surface area is 122 Å². The van der Waals surface area contributed by atoms with Crippen LogP contribution in [0.5, 0.6) is 0 Å². The van der Waals surface area contributed by atoms with Crippen molar-refractivity contribution in [2.24, 2.45) is 0 Å². The lowest BCUT2D eigenvalue weighted by Crippen LogP contribution is -1.84. The molecule has 2 aromatic rings. The molecular formula is C10H3Cl5S. The maximum atomic E-state index is 6.11. The molecule has 0 saturated carbocycles. The second-order valence-corrected chi connectivity index (χ2v) is 5.76. The molecule has 0 aliphatic carbocycles. The van der Waals surface area contributed by atoms with Crippen molar-refractivity contribution >= 4 is 69.3 Å². The number of benzene rings is 1. The Morgan fingerprint density at radius 3 is 1.69 bits per heavy atom. The van der Waals surface area contributed by atoms with Gasteiger partial charge in [-0.25, -0.2) is 0 Å². The van der Waals surface area contributed by atoms with Crippen LogP contribution in [0.3, 0.4) is 0 Å². The highest BCUT2D eigenvalue weighted by Crippen LogP contribution is 2.48. The van der Waals surface area contributed by atoms with Crippen LogP contribution in [0, 0.1) is 0 Å². The topological polar surface area (TPSA) is 0 Å². The van der Waals surface area contributed by atoms with Gasteiger partial charge in [-0.15, -0.1) is 11.3 Å². The summed E-state index contributed by atoms with van der Waals surface area (Å²) in [6.45, 7) is 0. The number of rotatable bonds is 1. The second kappa shape index (κ2) is 4.93. The molecule has 1 heterocycles. The molecule has 0 nitrogen and oxygen atoms in total. The van der Waals surface area contributed by atoms with E-state index in [0.29, 0.717) is 15.6 Å². The van der Waals surface area contributed by atoms with E-state index < -0.39 is 0 Å². The Morgan fingerprint density at radius 1 is 0.750 bits per heavy atom. The van der Waals surface area contributed by atoms with Gasteiger partial charge < -0.3 is 0 Å². The minimum atomic E-state index is 0.179. The third kappa shape index (κ3) is 2.05. The number of halogens is 5. The Balaban J connectivity index is 2.81. The molecule has 0 saturated heterocycles. The van der Waals surface area contributed by atoms with Gasteiger partial charge in [-0.1, -0.05) is 64.1 Å². The maximum Gasteiger partial charge on any atom is 0.0809 e. The van der Waals surface area contributed by atoms with E-state index >= 15 is 0 Å². The zero-order chi connectivity index (χ0) is 11.9. The van der Waals surface area contributed by atoms with Crippen molar-refractivity contribution in [3.05, 3.63) is 42.6 Å². The molecule has 0 amide bonds. The summed E-state index contributed by atoms with van der Waals surface area (Å²) in [5, 5.41) is 3.19. The van der Waals surface area contributed by atoms with E-state index in [1.807, 2.05) is 17.5 Å². The van der Waals surface area contributed by atoms with Gasteiger partial charge in [-0.05, 0) is 11.4 Å². The van der Waals surface area contributed by atoms with E-state index in [1.54, 1.807) is 0 Å². The average Bonchev–Trinajstić information content (AvgIpc) is 2.77. The molecular weight excluding hydrogens is 329 g/mol. The zero-order valence-corrected chi connectivity index (χ0v) is 12.1. The first-order valence-corrected chi connectivity index (χ1v) is 6.86. The summed E-state index contributed by atoms with van der Waals surface area (Å²) < 4.78 is 0. The summed E-state index contributed by atoms with van der Waals surface area (Å²) in [7, 11) is 0. The van der Waals surface area contributed by atoms with E-state index in [2.05, 4.69) is 0 Å². The molecule has 0 N–H and O–H groups in total. The summed E-state index contributed by atoms with van der Waals surface area (Å²) in [4.78, 5) is 0.899. The van der Waals surface area contributed by atoms with Crippen molar-refractivity contribution in [2.45, 2.75) is 0 Å². The molecule has 0 unspecified atom stereocenters. The van der Waals surface area contributed by atoms with Crippen molar-refractivity contribution in [1.29, 1.82) is 0 Å². The first-order valence-electron chi connectivity index (χ1n) is 4.09. The minimum Gasteiger partial charge on any atom is -0.144 e. The van der Waals surface area contributed by atoms with Gasteiger partial charge in [-0.2, -0.15) is 0 Å². The van der Waals surface area contributed by atoms with Crippen LogP contribution in [0.15, 0.2) is 17.5 Å². The van der Waals surface area contributed by atoms with Crippen molar-refractivity contribution in [3.63, 3.8) is 0 Å². The molecule has 0 bridgehead atoms. The molecule has 0 spiro atoms. The van der Waals surface area contributed by atoms with Crippen LogP contribution in [-0.2, 0) is 0 Å². The van der Waals surface area contributed by atoms with Gasteiger partial charge in [0.05, 0.1) is 25.1 Å². The molecule has 1 aromatic heterocycles. The SMILES string of the molecule is Clc1c(Cl)c(Cl)c(-c2cccs2)c(Cl)c1Cl. The lowest BCUT2D eigenvalue weighted by molar-refractivity contribution is 1.68. The Bertz CT molecular complexity index is 504. The van der Waals surface area contributed by atoms with Crippen molar-refractivity contribution in [3.8, 4) is 10.4 Å². The van der Waals surface area contributed by atoms with Gasteiger partial charge in [0.2, 0.25) is 0 Å². The summed E-state index contributed by atoms with van der Waals surface area (Å²) in [5.74, 6) is 0. The lowest BCUT2D eigenvalue weighted by Gasteiger charge is -2.10. The summed E-state index contributed by atoms with van der Waals surface area (Å²) in [6.07, 6.45) is 0. The predicted octanol–water partition coefficient (Wildman–Crippen LogP) is 6.68. The third-order valence-electron chi connectivity index (χ3n) is 1.98. The monoisotopic (exact) mass is 330 g/mol. The first kappa shape index (κ1) is 12.8. The highest BCUT2D eigenvalue weighted by atomic mass is 35.5. The molecule has 0 atom stereocenters. The summed E-state index contributed by atoms with van der Waals surface area (Å²) in [5.41, 5.74) is 0.623. The van der Waals surface area contributed by atoms with E-state index in [1.165, 1.54) is 11.3 Å². The second-order valence-electron chi connectivity index (χ2n) is 2.92. The lowest BCUT2D eigenvalue weighted by atomic mass is 10.2. The molecule has 2 rings (SSSR count). The molecule has 0 radical (unpaired) electrons. The van der Waals surface area contributed by atoms with Gasteiger partial charge in [0.1, 0.15) is 0 Å². The molecule has 1 aromatic carbocycles.